The molecular weight excluding hydrogens is 466 g/mol. The van der Waals surface area contributed by atoms with E-state index in [4.69, 9.17) is 0 Å². The Morgan fingerprint density at radius 2 is 2.14 bits per heavy atom. The summed E-state index contributed by atoms with van der Waals surface area (Å²) in [6, 6.07) is 8.88. The molecule has 1 saturated heterocycles. The highest BCUT2D eigenvalue weighted by molar-refractivity contribution is 9.11. The minimum absolute atomic E-state index is 0.167. The van der Waals surface area contributed by atoms with Gasteiger partial charge in [-0.15, -0.1) is 21.5 Å². The van der Waals surface area contributed by atoms with Gasteiger partial charge in [0, 0.05) is 19.3 Å². The first kappa shape index (κ1) is 19.5. The molecule has 4 rings (SSSR count). The van der Waals surface area contributed by atoms with Crippen LogP contribution in [0.15, 0.2) is 44.5 Å². The summed E-state index contributed by atoms with van der Waals surface area (Å²) in [6.07, 6.45) is 3.15. The van der Waals surface area contributed by atoms with E-state index in [9.17, 15) is 13.2 Å². The number of thiophene rings is 1. The zero-order valence-electron chi connectivity index (χ0n) is 14.8. The van der Waals surface area contributed by atoms with E-state index in [2.05, 4.69) is 31.4 Å². The quantitative estimate of drug-likeness (QED) is 0.600. The predicted molar refractivity (Wildman–Crippen MR) is 108 cm³/mol. The van der Waals surface area contributed by atoms with E-state index in [-0.39, 0.29) is 29.1 Å². The Labute approximate surface area is 174 Å². The number of amides is 1. The lowest BCUT2D eigenvalue weighted by atomic mass is 9.99. The second kappa shape index (κ2) is 7.90. The number of carbonyl (C=O) groups is 1. The summed E-state index contributed by atoms with van der Waals surface area (Å²) in [5.74, 6) is 0.0822. The molecule has 4 heterocycles. The highest BCUT2D eigenvalue weighted by Gasteiger charge is 2.34. The fraction of sp³-hybridized carbons (Fsp3) is 0.353. The molecule has 0 saturated carbocycles. The van der Waals surface area contributed by atoms with Crippen LogP contribution in [0.5, 0.6) is 0 Å². The molecule has 148 valence electrons. The second-order valence-electron chi connectivity index (χ2n) is 6.52. The van der Waals surface area contributed by atoms with Gasteiger partial charge in [-0.2, -0.15) is 4.31 Å². The molecule has 0 bridgehead atoms. The molecule has 1 aliphatic rings. The van der Waals surface area contributed by atoms with Gasteiger partial charge in [0.25, 0.3) is 10.0 Å². The first-order valence-electron chi connectivity index (χ1n) is 8.77. The minimum Gasteiger partial charge on any atom is -0.349 e. The Hall–Kier alpha value is -1.82. The van der Waals surface area contributed by atoms with Crippen LogP contribution in [-0.2, 0) is 21.4 Å². The number of nitrogens with one attached hydrogen (secondary N) is 1. The van der Waals surface area contributed by atoms with Crippen molar-refractivity contribution in [3.63, 3.8) is 0 Å². The Morgan fingerprint density at radius 3 is 2.93 bits per heavy atom. The van der Waals surface area contributed by atoms with Crippen molar-refractivity contribution in [2.45, 2.75) is 23.6 Å². The van der Waals surface area contributed by atoms with Gasteiger partial charge < -0.3 is 5.32 Å². The monoisotopic (exact) mass is 483 g/mol. The summed E-state index contributed by atoms with van der Waals surface area (Å²) < 4.78 is 29.9. The topological polar surface area (TPSA) is 96.7 Å². The van der Waals surface area contributed by atoms with Crippen LogP contribution in [-0.4, -0.2) is 46.3 Å². The van der Waals surface area contributed by atoms with Crippen molar-refractivity contribution in [2.24, 2.45) is 5.92 Å². The van der Waals surface area contributed by atoms with Gasteiger partial charge in [-0.05, 0) is 53.0 Å². The third-order valence-electron chi connectivity index (χ3n) is 4.70. The third-order valence-corrected chi connectivity index (χ3v) is 8.66. The number of halogens is 1. The molecular formula is C17H18BrN5O3S2. The minimum atomic E-state index is -3.58. The van der Waals surface area contributed by atoms with Gasteiger partial charge in [-0.1, -0.05) is 6.07 Å². The fourth-order valence-electron chi connectivity index (χ4n) is 3.26. The molecule has 11 heteroatoms. The van der Waals surface area contributed by atoms with E-state index in [0.717, 1.165) is 3.79 Å². The van der Waals surface area contributed by atoms with Crippen LogP contribution in [0.4, 0.5) is 0 Å². The summed E-state index contributed by atoms with van der Waals surface area (Å²) in [6.45, 7) is 0.853. The van der Waals surface area contributed by atoms with Gasteiger partial charge in [0.2, 0.25) is 5.91 Å². The average molecular weight is 484 g/mol. The van der Waals surface area contributed by atoms with Crippen molar-refractivity contribution >= 4 is 48.8 Å². The number of nitrogens with zero attached hydrogens (tertiary/aromatic N) is 4. The molecule has 3 aromatic heterocycles. The van der Waals surface area contributed by atoms with E-state index in [1.807, 2.05) is 28.8 Å². The summed E-state index contributed by atoms with van der Waals surface area (Å²) >= 11 is 4.47. The molecule has 0 spiro atoms. The number of hydrogen-bond donors (Lipinski definition) is 1. The number of aromatic nitrogens is 3. The maximum absolute atomic E-state index is 12.8. The first-order valence-corrected chi connectivity index (χ1v) is 11.8. The normalized spacial score (nSPS) is 18.4. The van der Waals surface area contributed by atoms with Crippen LogP contribution < -0.4 is 5.32 Å². The molecule has 3 aromatic rings. The summed E-state index contributed by atoms with van der Waals surface area (Å²) in [7, 11) is -3.58. The predicted octanol–water partition coefficient (Wildman–Crippen LogP) is 2.27. The van der Waals surface area contributed by atoms with Crippen molar-refractivity contribution in [2.75, 3.05) is 13.1 Å². The lowest BCUT2D eigenvalue weighted by Gasteiger charge is -2.30. The van der Waals surface area contributed by atoms with E-state index in [1.165, 1.54) is 15.6 Å². The average Bonchev–Trinajstić information content (AvgIpc) is 3.33. The Kier molecular flexibility index (Phi) is 5.50. The summed E-state index contributed by atoms with van der Waals surface area (Å²) in [5, 5.41) is 11.0. The van der Waals surface area contributed by atoms with Crippen molar-refractivity contribution in [1.82, 2.24) is 24.2 Å². The van der Waals surface area contributed by atoms with Crippen LogP contribution in [0, 0.1) is 5.92 Å². The number of piperidine rings is 1. The molecule has 1 fully saturated rings. The van der Waals surface area contributed by atoms with Gasteiger partial charge in [0.1, 0.15) is 4.21 Å². The Balaban J connectivity index is 1.42. The molecule has 0 aliphatic carbocycles. The van der Waals surface area contributed by atoms with Crippen LogP contribution in [0.25, 0.3) is 5.65 Å². The van der Waals surface area contributed by atoms with Crippen LogP contribution >= 0.6 is 27.3 Å². The summed E-state index contributed by atoms with van der Waals surface area (Å²) in [5.41, 5.74) is 0.712. The van der Waals surface area contributed by atoms with Crippen LogP contribution in [0.2, 0.25) is 0 Å². The summed E-state index contributed by atoms with van der Waals surface area (Å²) in [4.78, 5) is 12.6. The van der Waals surface area contributed by atoms with Crippen LogP contribution in [0.1, 0.15) is 18.7 Å². The molecule has 1 N–H and O–H groups in total. The van der Waals surface area contributed by atoms with E-state index >= 15 is 0 Å². The van der Waals surface area contributed by atoms with Crippen molar-refractivity contribution in [3.8, 4) is 0 Å². The number of hydrogen-bond acceptors (Lipinski definition) is 6. The van der Waals surface area contributed by atoms with Crippen molar-refractivity contribution < 1.29 is 13.2 Å². The number of carbonyl (C=O) groups excluding carboxylic acids is 1. The molecule has 8 nitrogen and oxygen atoms in total. The highest BCUT2D eigenvalue weighted by Crippen LogP contribution is 2.30. The number of pyridine rings is 1. The molecule has 0 radical (unpaired) electrons. The van der Waals surface area contributed by atoms with Crippen LogP contribution in [0.3, 0.4) is 0 Å². The molecule has 28 heavy (non-hydrogen) atoms. The van der Waals surface area contributed by atoms with E-state index in [1.54, 1.807) is 12.1 Å². The van der Waals surface area contributed by atoms with Crippen molar-refractivity contribution in [3.05, 3.63) is 46.1 Å². The standard InChI is InChI=1S/C17H18BrN5O3S2/c18-13-6-7-16(27-13)28(25,26)22-8-3-4-12(11-22)17(24)19-10-15-21-20-14-5-1-2-9-23(14)15/h1-2,5-7,9,12H,3-4,8,10-11H2,(H,19,24)/t12-/m0/s1. The van der Waals surface area contributed by atoms with Gasteiger partial charge in [0.05, 0.1) is 16.2 Å². The number of rotatable bonds is 5. The fourth-order valence-corrected chi connectivity index (χ4v) is 6.95. The zero-order chi connectivity index (χ0) is 19.7. The maximum Gasteiger partial charge on any atom is 0.252 e. The van der Waals surface area contributed by atoms with E-state index < -0.39 is 10.0 Å². The lowest BCUT2D eigenvalue weighted by molar-refractivity contribution is -0.126. The zero-order valence-corrected chi connectivity index (χ0v) is 18.0. The van der Waals surface area contributed by atoms with Gasteiger partial charge in [-0.3, -0.25) is 9.20 Å². The number of sulfonamides is 1. The highest BCUT2D eigenvalue weighted by atomic mass is 79.9. The lowest BCUT2D eigenvalue weighted by Crippen LogP contribution is -2.45. The molecule has 1 amide bonds. The maximum atomic E-state index is 12.8. The molecule has 1 aliphatic heterocycles. The Bertz CT molecular complexity index is 1110. The largest absolute Gasteiger partial charge is 0.349 e. The third kappa shape index (κ3) is 3.84. The van der Waals surface area contributed by atoms with Crippen molar-refractivity contribution in [1.29, 1.82) is 0 Å². The molecule has 0 unspecified atom stereocenters. The molecule has 1 atom stereocenters. The van der Waals surface area contributed by atoms with Gasteiger partial charge in [0.15, 0.2) is 11.5 Å². The Morgan fingerprint density at radius 1 is 1.29 bits per heavy atom. The van der Waals surface area contributed by atoms with Gasteiger partial charge in [-0.25, -0.2) is 8.42 Å². The van der Waals surface area contributed by atoms with Gasteiger partial charge >= 0.3 is 0 Å². The van der Waals surface area contributed by atoms with E-state index in [0.29, 0.717) is 30.9 Å². The number of fused-ring (bicyclic) bond motifs is 1. The smallest absolute Gasteiger partial charge is 0.252 e. The second-order valence-corrected chi connectivity index (χ2v) is 11.2. The first-order chi connectivity index (χ1) is 13.4. The SMILES string of the molecule is O=C(NCc1nnc2ccccn12)[C@H]1CCCN(S(=O)(=O)c2ccc(Br)s2)C1. The molecule has 0 aromatic carbocycles.